The van der Waals surface area contributed by atoms with Crippen molar-refractivity contribution in [1.82, 2.24) is 14.8 Å². The van der Waals surface area contributed by atoms with E-state index in [-0.39, 0.29) is 12.1 Å². The summed E-state index contributed by atoms with van der Waals surface area (Å²) in [6.45, 7) is 8.41. The second-order valence-corrected chi connectivity index (χ2v) is 6.97. The lowest BCUT2D eigenvalue weighted by molar-refractivity contribution is 0.0228. The number of aromatic nitrogens is 1. The molecule has 5 nitrogen and oxygen atoms in total. The van der Waals surface area contributed by atoms with E-state index in [0.29, 0.717) is 0 Å². The summed E-state index contributed by atoms with van der Waals surface area (Å²) in [7, 11) is 1.82. The third-order valence-corrected chi connectivity index (χ3v) is 3.98. The van der Waals surface area contributed by atoms with Gasteiger partial charge in [-0.1, -0.05) is 0 Å². The number of likely N-dealkylation sites (tertiary alicyclic amines) is 1. The molecule has 20 heavy (non-hydrogen) atoms. The van der Waals surface area contributed by atoms with E-state index in [1.165, 1.54) is 0 Å². The molecule has 0 saturated carbocycles. The highest BCUT2D eigenvalue weighted by Gasteiger charge is 2.30. The predicted molar refractivity (Wildman–Crippen MR) is 79.8 cm³/mol. The number of ether oxygens (including phenoxy) is 1. The zero-order valence-corrected chi connectivity index (χ0v) is 13.4. The second kappa shape index (κ2) is 6.10. The maximum Gasteiger partial charge on any atom is 0.410 e. The Hall–Kier alpha value is -1.14. The molecular formula is C14H23N3O2S. The SMILES string of the molecule is CN(C(=O)OC(C)(C)C)[C@H]1CCN(Cc2cscn2)C1. The van der Waals surface area contributed by atoms with Crippen LogP contribution in [0.3, 0.4) is 0 Å². The molecule has 0 bridgehead atoms. The molecule has 1 aromatic rings. The Labute approximate surface area is 124 Å². The normalized spacial score (nSPS) is 20.1. The van der Waals surface area contributed by atoms with E-state index in [1.54, 1.807) is 16.2 Å². The number of carbonyl (C=O) groups excluding carboxylic acids is 1. The van der Waals surface area contributed by atoms with Gasteiger partial charge in [-0.15, -0.1) is 11.3 Å². The monoisotopic (exact) mass is 297 g/mol. The third-order valence-electron chi connectivity index (χ3n) is 3.35. The Morgan fingerprint density at radius 2 is 2.35 bits per heavy atom. The Balaban J connectivity index is 1.84. The summed E-state index contributed by atoms with van der Waals surface area (Å²) in [5.74, 6) is 0. The van der Waals surface area contributed by atoms with Crippen molar-refractivity contribution in [2.24, 2.45) is 0 Å². The second-order valence-electron chi connectivity index (χ2n) is 6.25. The Kier molecular flexibility index (Phi) is 4.65. The van der Waals surface area contributed by atoms with Crippen LogP contribution in [0.15, 0.2) is 10.9 Å². The van der Waals surface area contributed by atoms with Crippen molar-refractivity contribution in [3.63, 3.8) is 0 Å². The molecule has 0 radical (unpaired) electrons. The van der Waals surface area contributed by atoms with E-state index >= 15 is 0 Å². The number of amides is 1. The highest BCUT2D eigenvalue weighted by atomic mass is 32.1. The van der Waals surface area contributed by atoms with Crippen LogP contribution in [0.4, 0.5) is 4.79 Å². The van der Waals surface area contributed by atoms with E-state index in [2.05, 4.69) is 15.3 Å². The quantitative estimate of drug-likeness (QED) is 0.860. The molecule has 0 N–H and O–H groups in total. The lowest BCUT2D eigenvalue weighted by Gasteiger charge is -2.28. The maximum absolute atomic E-state index is 12.0. The summed E-state index contributed by atoms with van der Waals surface area (Å²) in [4.78, 5) is 20.4. The van der Waals surface area contributed by atoms with Crippen LogP contribution < -0.4 is 0 Å². The fourth-order valence-electron chi connectivity index (χ4n) is 2.30. The van der Waals surface area contributed by atoms with E-state index in [9.17, 15) is 4.79 Å². The van der Waals surface area contributed by atoms with Crippen molar-refractivity contribution in [2.45, 2.75) is 45.4 Å². The fourth-order valence-corrected chi connectivity index (χ4v) is 2.85. The van der Waals surface area contributed by atoms with E-state index in [1.807, 2.05) is 33.3 Å². The molecular weight excluding hydrogens is 274 g/mol. The molecule has 1 atom stereocenters. The first-order chi connectivity index (χ1) is 9.35. The number of hydrogen-bond donors (Lipinski definition) is 0. The van der Waals surface area contributed by atoms with Crippen LogP contribution in [0.2, 0.25) is 0 Å². The molecule has 6 heteroatoms. The Bertz CT molecular complexity index is 442. The van der Waals surface area contributed by atoms with Gasteiger partial charge in [0.1, 0.15) is 5.60 Å². The standard InChI is InChI=1S/C14H23N3O2S/c1-14(2,3)19-13(18)16(4)12-5-6-17(8-12)7-11-9-20-10-15-11/h9-10,12H,5-8H2,1-4H3/t12-/m0/s1. The van der Waals surface area contributed by atoms with E-state index < -0.39 is 5.60 Å². The molecule has 0 unspecified atom stereocenters. The van der Waals surface area contributed by atoms with Gasteiger partial charge in [0.2, 0.25) is 0 Å². The maximum atomic E-state index is 12.0. The fraction of sp³-hybridized carbons (Fsp3) is 0.714. The summed E-state index contributed by atoms with van der Waals surface area (Å²) < 4.78 is 5.41. The molecule has 0 spiro atoms. The van der Waals surface area contributed by atoms with Gasteiger partial charge < -0.3 is 9.64 Å². The van der Waals surface area contributed by atoms with Crippen LogP contribution in [-0.2, 0) is 11.3 Å². The molecule has 1 aliphatic rings. The molecule has 2 heterocycles. The number of nitrogens with zero attached hydrogens (tertiary/aromatic N) is 3. The van der Waals surface area contributed by atoms with Crippen molar-refractivity contribution < 1.29 is 9.53 Å². The van der Waals surface area contributed by atoms with Crippen molar-refractivity contribution in [2.75, 3.05) is 20.1 Å². The van der Waals surface area contributed by atoms with Gasteiger partial charge >= 0.3 is 6.09 Å². The average molecular weight is 297 g/mol. The molecule has 1 fully saturated rings. The predicted octanol–water partition coefficient (Wildman–Crippen LogP) is 2.58. The highest BCUT2D eigenvalue weighted by Crippen LogP contribution is 2.19. The topological polar surface area (TPSA) is 45.7 Å². The van der Waals surface area contributed by atoms with E-state index in [4.69, 9.17) is 4.74 Å². The zero-order valence-electron chi connectivity index (χ0n) is 12.6. The zero-order chi connectivity index (χ0) is 14.8. The minimum Gasteiger partial charge on any atom is -0.444 e. The minimum absolute atomic E-state index is 0.225. The molecule has 1 aromatic heterocycles. The first-order valence-electron chi connectivity index (χ1n) is 6.90. The van der Waals surface area contributed by atoms with Gasteiger partial charge in [-0.05, 0) is 27.2 Å². The summed E-state index contributed by atoms with van der Waals surface area (Å²) in [5, 5.41) is 2.07. The van der Waals surface area contributed by atoms with Gasteiger partial charge in [-0.3, -0.25) is 4.90 Å². The van der Waals surface area contributed by atoms with E-state index in [0.717, 1.165) is 31.7 Å². The van der Waals surface area contributed by atoms with Crippen LogP contribution in [0.5, 0.6) is 0 Å². The van der Waals surface area contributed by atoms with Crippen molar-refractivity contribution >= 4 is 17.4 Å². The minimum atomic E-state index is -0.440. The van der Waals surface area contributed by atoms with Crippen molar-refractivity contribution in [1.29, 1.82) is 0 Å². The lowest BCUT2D eigenvalue weighted by Crippen LogP contribution is -2.42. The van der Waals surface area contributed by atoms with Crippen molar-refractivity contribution in [3.05, 3.63) is 16.6 Å². The highest BCUT2D eigenvalue weighted by molar-refractivity contribution is 7.07. The van der Waals surface area contributed by atoms with Gasteiger partial charge in [0.15, 0.2) is 0 Å². The summed E-state index contributed by atoms with van der Waals surface area (Å²) in [6, 6.07) is 0.225. The number of thiazole rings is 1. The first kappa shape index (κ1) is 15.3. The third kappa shape index (κ3) is 4.18. The molecule has 112 valence electrons. The molecule has 2 rings (SSSR count). The summed E-state index contributed by atoms with van der Waals surface area (Å²) in [5.41, 5.74) is 2.52. The van der Waals surface area contributed by atoms with Gasteiger partial charge in [0.25, 0.3) is 0 Å². The number of likely N-dealkylation sites (N-methyl/N-ethyl adjacent to an activating group) is 1. The smallest absolute Gasteiger partial charge is 0.410 e. The largest absolute Gasteiger partial charge is 0.444 e. The van der Waals surface area contributed by atoms with Crippen LogP contribution in [0.1, 0.15) is 32.9 Å². The van der Waals surface area contributed by atoms with Gasteiger partial charge in [-0.2, -0.15) is 0 Å². The molecule has 0 aromatic carbocycles. The average Bonchev–Trinajstić information content (AvgIpc) is 2.97. The Morgan fingerprint density at radius 1 is 1.60 bits per heavy atom. The van der Waals surface area contributed by atoms with Crippen LogP contribution >= 0.6 is 11.3 Å². The lowest BCUT2D eigenvalue weighted by atomic mass is 10.2. The van der Waals surface area contributed by atoms with Crippen LogP contribution in [0.25, 0.3) is 0 Å². The van der Waals surface area contributed by atoms with Gasteiger partial charge in [0, 0.05) is 38.1 Å². The first-order valence-corrected chi connectivity index (χ1v) is 7.84. The van der Waals surface area contributed by atoms with Gasteiger partial charge in [-0.25, -0.2) is 9.78 Å². The molecule has 1 amide bonds. The summed E-state index contributed by atoms with van der Waals surface area (Å²) >= 11 is 1.62. The molecule has 0 aliphatic carbocycles. The van der Waals surface area contributed by atoms with Gasteiger partial charge in [0.05, 0.1) is 11.2 Å². The number of hydrogen-bond acceptors (Lipinski definition) is 5. The molecule has 1 saturated heterocycles. The van der Waals surface area contributed by atoms with Crippen LogP contribution in [-0.4, -0.2) is 52.7 Å². The summed E-state index contributed by atoms with van der Waals surface area (Å²) in [6.07, 6.45) is 0.748. The number of rotatable bonds is 3. The van der Waals surface area contributed by atoms with Crippen LogP contribution in [0, 0.1) is 0 Å². The molecule has 1 aliphatic heterocycles. The Morgan fingerprint density at radius 3 is 2.95 bits per heavy atom. The number of carbonyl (C=O) groups is 1. The van der Waals surface area contributed by atoms with Crippen molar-refractivity contribution in [3.8, 4) is 0 Å².